The van der Waals surface area contributed by atoms with Gasteiger partial charge in [0.15, 0.2) is 0 Å². The quantitative estimate of drug-likeness (QED) is 0.732. The van der Waals surface area contributed by atoms with E-state index < -0.39 is 0 Å². The molecule has 0 saturated heterocycles. The number of hydrogen-bond acceptors (Lipinski definition) is 3. The summed E-state index contributed by atoms with van der Waals surface area (Å²) in [5, 5.41) is 3.36. The molecule has 0 aliphatic rings. The molecule has 1 N–H and O–H groups in total. The summed E-state index contributed by atoms with van der Waals surface area (Å²) in [5.74, 6) is 2.01. The van der Waals surface area contributed by atoms with Gasteiger partial charge in [0.25, 0.3) is 0 Å². The number of hydrogen-bond donors (Lipinski definition) is 1. The van der Waals surface area contributed by atoms with E-state index in [2.05, 4.69) is 30.1 Å². The van der Waals surface area contributed by atoms with Crippen molar-refractivity contribution in [3.05, 3.63) is 25.0 Å². The second-order valence-corrected chi connectivity index (χ2v) is 4.10. The Labute approximate surface area is 89.6 Å². The molecule has 1 aromatic heterocycles. The van der Waals surface area contributed by atoms with Gasteiger partial charge in [0.05, 0.1) is 0 Å². The molecule has 78 valence electrons. The van der Waals surface area contributed by atoms with Gasteiger partial charge >= 0.3 is 0 Å². The molecule has 3 nitrogen and oxygen atoms in total. The van der Waals surface area contributed by atoms with Crippen LogP contribution in [0, 0.1) is 0 Å². The smallest absolute Gasteiger partial charge is 0.203 e. The molecule has 1 aromatic rings. The maximum absolute atomic E-state index is 4.25. The van der Waals surface area contributed by atoms with Crippen LogP contribution < -0.4 is 5.32 Å². The van der Waals surface area contributed by atoms with Gasteiger partial charge in [-0.25, -0.2) is 4.98 Å². The van der Waals surface area contributed by atoms with Crippen LogP contribution in [0.25, 0.3) is 0 Å². The fraction of sp³-hybridized carbons (Fsp3) is 0.500. The molecule has 0 amide bonds. The number of thioether (sulfide) groups is 1. The Hall–Kier alpha value is -0.900. The van der Waals surface area contributed by atoms with Crippen LogP contribution in [0.15, 0.2) is 25.0 Å². The summed E-state index contributed by atoms with van der Waals surface area (Å²) in [5.41, 5.74) is 0. The van der Waals surface area contributed by atoms with Crippen molar-refractivity contribution in [1.29, 1.82) is 0 Å². The van der Waals surface area contributed by atoms with Crippen LogP contribution >= 0.6 is 11.8 Å². The van der Waals surface area contributed by atoms with Crippen LogP contribution in [0.2, 0.25) is 0 Å². The lowest BCUT2D eigenvalue weighted by atomic mass is 10.4. The Morgan fingerprint density at radius 1 is 1.79 bits per heavy atom. The Morgan fingerprint density at radius 2 is 2.57 bits per heavy atom. The third-order valence-electron chi connectivity index (χ3n) is 1.83. The first-order valence-electron chi connectivity index (χ1n) is 4.65. The number of nitrogens with zero attached hydrogens (tertiary/aromatic N) is 2. The van der Waals surface area contributed by atoms with Crippen LogP contribution in [0.4, 0.5) is 5.95 Å². The van der Waals surface area contributed by atoms with Crippen molar-refractivity contribution in [2.24, 2.45) is 0 Å². The van der Waals surface area contributed by atoms with Crippen LogP contribution in [0.1, 0.15) is 6.92 Å². The van der Waals surface area contributed by atoms with E-state index in [0.717, 1.165) is 18.2 Å². The summed E-state index contributed by atoms with van der Waals surface area (Å²) in [7, 11) is 0. The summed E-state index contributed by atoms with van der Waals surface area (Å²) >= 11 is 1.83. The van der Waals surface area contributed by atoms with E-state index in [1.165, 1.54) is 0 Å². The largest absolute Gasteiger partial charge is 0.352 e. The molecule has 1 unspecified atom stereocenters. The van der Waals surface area contributed by atoms with E-state index in [0.29, 0.717) is 6.04 Å². The van der Waals surface area contributed by atoms with Crippen molar-refractivity contribution in [2.75, 3.05) is 17.3 Å². The molecular formula is C10H17N3S. The highest BCUT2D eigenvalue weighted by Gasteiger charge is 2.05. The normalized spacial score (nSPS) is 12.4. The highest BCUT2D eigenvalue weighted by atomic mass is 32.2. The van der Waals surface area contributed by atoms with Gasteiger partial charge in [-0.05, 0) is 13.2 Å². The van der Waals surface area contributed by atoms with Crippen molar-refractivity contribution in [1.82, 2.24) is 9.55 Å². The van der Waals surface area contributed by atoms with Crippen LogP contribution in [0.5, 0.6) is 0 Å². The zero-order valence-corrected chi connectivity index (χ0v) is 9.55. The van der Waals surface area contributed by atoms with Crippen molar-refractivity contribution in [3.8, 4) is 0 Å². The molecule has 1 heterocycles. The van der Waals surface area contributed by atoms with Gasteiger partial charge < -0.3 is 9.88 Å². The number of allylic oxidation sites excluding steroid dienone is 1. The molecule has 1 atom stereocenters. The van der Waals surface area contributed by atoms with Crippen molar-refractivity contribution in [2.45, 2.75) is 19.5 Å². The van der Waals surface area contributed by atoms with Crippen LogP contribution in [-0.2, 0) is 6.54 Å². The lowest BCUT2D eigenvalue weighted by molar-refractivity contribution is 0.793. The van der Waals surface area contributed by atoms with Gasteiger partial charge in [0, 0.05) is 30.7 Å². The Bertz CT molecular complexity index is 283. The molecule has 0 aromatic carbocycles. The van der Waals surface area contributed by atoms with Gasteiger partial charge in [-0.2, -0.15) is 11.8 Å². The van der Waals surface area contributed by atoms with Crippen molar-refractivity contribution < 1.29 is 0 Å². The van der Waals surface area contributed by atoms with Gasteiger partial charge in [0.1, 0.15) is 0 Å². The van der Waals surface area contributed by atoms with Crippen LogP contribution in [-0.4, -0.2) is 27.6 Å². The minimum atomic E-state index is 0.441. The first kappa shape index (κ1) is 11.2. The minimum Gasteiger partial charge on any atom is -0.352 e. The fourth-order valence-corrected chi connectivity index (χ4v) is 1.83. The van der Waals surface area contributed by atoms with Crippen molar-refractivity contribution >= 4 is 17.7 Å². The minimum absolute atomic E-state index is 0.441. The predicted molar refractivity (Wildman–Crippen MR) is 63.9 cm³/mol. The summed E-state index contributed by atoms with van der Waals surface area (Å²) in [4.78, 5) is 4.25. The molecule has 0 bridgehead atoms. The van der Waals surface area contributed by atoms with E-state index in [-0.39, 0.29) is 0 Å². The van der Waals surface area contributed by atoms with E-state index in [1.807, 2.05) is 28.6 Å². The fourth-order valence-electron chi connectivity index (χ4n) is 1.25. The molecule has 0 aliphatic heterocycles. The molecule has 0 radical (unpaired) electrons. The molecule has 4 heteroatoms. The van der Waals surface area contributed by atoms with Crippen molar-refractivity contribution in [3.63, 3.8) is 0 Å². The molecule has 1 rings (SSSR count). The number of anilines is 1. The average Bonchev–Trinajstić information content (AvgIpc) is 2.54. The lowest BCUT2D eigenvalue weighted by Gasteiger charge is -2.13. The summed E-state index contributed by atoms with van der Waals surface area (Å²) < 4.78 is 2.05. The molecule has 0 aliphatic carbocycles. The van der Waals surface area contributed by atoms with Gasteiger partial charge in [-0.15, -0.1) is 6.58 Å². The van der Waals surface area contributed by atoms with E-state index >= 15 is 0 Å². The summed E-state index contributed by atoms with van der Waals surface area (Å²) in [6.07, 6.45) is 7.73. The standard InChI is InChI=1S/C10H17N3S/c1-4-6-13-7-5-11-10(13)12-9(2)8-14-3/h4-5,7,9H,1,6,8H2,2-3H3,(H,11,12). The summed E-state index contributed by atoms with van der Waals surface area (Å²) in [6, 6.07) is 0.441. The maximum Gasteiger partial charge on any atom is 0.203 e. The van der Waals surface area contributed by atoms with E-state index in [4.69, 9.17) is 0 Å². The Kier molecular flexibility index (Phi) is 4.59. The second kappa shape index (κ2) is 5.75. The second-order valence-electron chi connectivity index (χ2n) is 3.19. The molecule has 14 heavy (non-hydrogen) atoms. The molecule has 0 saturated carbocycles. The predicted octanol–water partition coefficient (Wildman–Crippen LogP) is 2.23. The Balaban J connectivity index is 2.56. The maximum atomic E-state index is 4.25. The zero-order valence-electron chi connectivity index (χ0n) is 8.73. The molecular weight excluding hydrogens is 194 g/mol. The first-order valence-corrected chi connectivity index (χ1v) is 6.04. The number of aromatic nitrogens is 2. The third kappa shape index (κ3) is 3.10. The average molecular weight is 211 g/mol. The van der Waals surface area contributed by atoms with E-state index in [1.54, 1.807) is 6.20 Å². The SMILES string of the molecule is C=CCn1ccnc1NC(C)CSC. The van der Waals surface area contributed by atoms with Gasteiger partial charge in [-0.1, -0.05) is 6.08 Å². The first-order chi connectivity index (χ1) is 6.77. The summed E-state index contributed by atoms with van der Waals surface area (Å²) in [6.45, 7) is 6.67. The molecule has 0 fully saturated rings. The number of imidazole rings is 1. The molecule has 0 spiro atoms. The zero-order chi connectivity index (χ0) is 10.4. The van der Waals surface area contributed by atoms with E-state index in [9.17, 15) is 0 Å². The highest BCUT2D eigenvalue weighted by Crippen LogP contribution is 2.08. The topological polar surface area (TPSA) is 29.9 Å². The third-order valence-corrected chi connectivity index (χ3v) is 2.67. The van der Waals surface area contributed by atoms with Crippen LogP contribution in [0.3, 0.4) is 0 Å². The number of nitrogens with one attached hydrogen (secondary N) is 1. The number of rotatable bonds is 6. The Morgan fingerprint density at radius 3 is 3.21 bits per heavy atom. The lowest BCUT2D eigenvalue weighted by Crippen LogP contribution is -2.20. The van der Waals surface area contributed by atoms with Gasteiger partial charge in [0.2, 0.25) is 5.95 Å². The highest BCUT2D eigenvalue weighted by molar-refractivity contribution is 7.98. The van der Waals surface area contributed by atoms with Gasteiger partial charge in [-0.3, -0.25) is 0 Å². The monoisotopic (exact) mass is 211 g/mol.